The molecule has 38 heavy (non-hydrogen) atoms. The number of H-pyrrole nitrogens is 1. The van der Waals surface area contributed by atoms with Gasteiger partial charge in [-0.25, -0.2) is 0 Å². The predicted molar refractivity (Wildman–Crippen MR) is 134 cm³/mol. The number of rotatable bonds is 5. The third kappa shape index (κ3) is 4.39. The fourth-order valence-corrected chi connectivity index (χ4v) is 5.55. The van der Waals surface area contributed by atoms with E-state index in [1.807, 2.05) is 4.90 Å². The maximum atomic E-state index is 13.5. The largest absolute Gasteiger partial charge is 0.491 e. The average Bonchev–Trinajstić information content (AvgIpc) is 3.68. The molecule has 3 N–H and O–H groups in total. The number of morpholine rings is 1. The van der Waals surface area contributed by atoms with Crippen LogP contribution in [0.15, 0.2) is 18.3 Å². The van der Waals surface area contributed by atoms with Crippen molar-refractivity contribution >= 4 is 34.4 Å². The van der Waals surface area contributed by atoms with Gasteiger partial charge in [-0.15, -0.1) is 0 Å². The van der Waals surface area contributed by atoms with Gasteiger partial charge in [0.2, 0.25) is 5.95 Å². The van der Waals surface area contributed by atoms with Gasteiger partial charge >= 0.3 is 6.18 Å². The van der Waals surface area contributed by atoms with E-state index in [1.54, 1.807) is 12.1 Å². The first-order chi connectivity index (χ1) is 18.3. The monoisotopic (exact) mass is 531 g/mol. The molecule has 2 saturated heterocycles. The molecule has 3 aliphatic rings. The highest BCUT2D eigenvalue weighted by atomic mass is 19.4. The quantitative estimate of drug-likeness (QED) is 0.461. The molecule has 2 fully saturated rings. The Kier molecular flexibility index (Phi) is 6.26. The van der Waals surface area contributed by atoms with E-state index < -0.39 is 11.7 Å². The molecule has 5 heterocycles. The van der Waals surface area contributed by atoms with Gasteiger partial charge in [0.15, 0.2) is 0 Å². The van der Waals surface area contributed by atoms with Crippen LogP contribution in [0, 0.1) is 0 Å². The molecule has 0 unspecified atom stereocenters. The summed E-state index contributed by atoms with van der Waals surface area (Å²) in [4.78, 5) is 28.9. The van der Waals surface area contributed by atoms with Gasteiger partial charge in [0.05, 0.1) is 36.5 Å². The molecule has 1 amide bonds. The Labute approximate surface area is 216 Å². The molecule has 1 atom stereocenters. The number of hydrogen-bond donors (Lipinski definition) is 3. The van der Waals surface area contributed by atoms with E-state index in [-0.39, 0.29) is 28.7 Å². The molecule has 0 aliphatic carbocycles. The molecule has 13 heteroatoms. The number of fused-ring (bicyclic) bond motifs is 2. The summed E-state index contributed by atoms with van der Waals surface area (Å²) in [6, 6.07) is 3.84. The molecular weight excluding hydrogens is 503 g/mol. The van der Waals surface area contributed by atoms with Crippen molar-refractivity contribution in [2.24, 2.45) is 0 Å². The molecule has 1 aromatic carbocycles. The second-order valence-electron chi connectivity index (χ2n) is 9.60. The highest BCUT2D eigenvalue weighted by molar-refractivity contribution is 5.98. The lowest BCUT2D eigenvalue weighted by Gasteiger charge is -2.32. The van der Waals surface area contributed by atoms with Crippen LogP contribution in [0.2, 0.25) is 0 Å². The number of hydrogen-bond acceptors (Lipinski definition) is 8. The predicted octanol–water partition coefficient (Wildman–Crippen LogP) is 3.24. The Morgan fingerprint density at radius 1 is 1.16 bits per heavy atom. The van der Waals surface area contributed by atoms with Crippen molar-refractivity contribution in [3.05, 3.63) is 35.0 Å². The molecular formula is C25H28F3N7O3. The molecule has 0 spiro atoms. The summed E-state index contributed by atoms with van der Waals surface area (Å²) in [6.07, 6.45) is -2.14. The number of amides is 1. The van der Waals surface area contributed by atoms with Crippen molar-refractivity contribution in [3.63, 3.8) is 0 Å². The van der Waals surface area contributed by atoms with E-state index in [4.69, 9.17) is 9.47 Å². The van der Waals surface area contributed by atoms with Crippen LogP contribution in [0.4, 0.5) is 30.6 Å². The molecule has 0 saturated carbocycles. The number of carbonyl (C=O) groups is 1. The van der Waals surface area contributed by atoms with Crippen molar-refractivity contribution in [2.75, 3.05) is 63.7 Å². The van der Waals surface area contributed by atoms with Gasteiger partial charge in [-0.1, -0.05) is 0 Å². The number of benzene rings is 1. The van der Waals surface area contributed by atoms with E-state index in [2.05, 4.69) is 30.5 Å². The summed E-state index contributed by atoms with van der Waals surface area (Å²) in [7, 11) is 1.50. The van der Waals surface area contributed by atoms with Crippen molar-refractivity contribution in [3.8, 4) is 5.75 Å². The van der Waals surface area contributed by atoms with Crippen molar-refractivity contribution in [1.29, 1.82) is 0 Å². The first-order valence-electron chi connectivity index (χ1n) is 12.6. The number of carbonyl (C=O) groups excluding carboxylic acids is 1. The number of likely N-dealkylation sites (tertiary alicyclic amines) is 1. The Balaban J connectivity index is 1.25. The van der Waals surface area contributed by atoms with Gasteiger partial charge < -0.3 is 30.0 Å². The first kappa shape index (κ1) is 24.7. The minimum absolute atomic E-state index is 0.0183. The zero-order chi connectivity index (χ0) is 26.4. The maximum absolute atomic E-state index is 13.5. The van der Waals surface area contributed by atoms with Crippen LogP contribution in [0.5, 0.6) is 5.75 Å². The summed E-state index contributed by atoms with van der Waals surface area (Å²) in [5.74, 6) is 0.661. The zero-order valence-electron chi connectivity index (χ0n) is 20.8. The SMILES string of the molecule is CNc1nc(Nc2ccc(C(=O)N3CC[C@@H](N4CCOCC4)C3)c3c2OCC3)nc2[nH]cc(C(F)(F)F)c12. The number of nitrogens with zero attached hydrogens (tertiary/aromatic N) is 4. The Morgan fingerprint density at radius 2 is 1.97 bits per heavy atom. The third-order valence-electron chi connectivity index (χ3n) is 7.42. The lowest BCUT2D eigenvalue weighted by molar-refractivity contribution is -0.136. The van der Waals surface area contributed by atoms with Crippen molar-refractivity contribution in [2.45, 2.75) is 25.1 Å². The molecule has 202 valence electrons. The highest BCUT2D eigenvalue weighted by Crippen LogP contribution is 2.40. The maximum Gasteiger partial charge on any atom is 0.418 e. The van der Waals surface area contributed by atoms with Crippen LogP contribution in [0.3, 0.4) is 0 Å². The molecule has 3 aromatic rings. The van der Waals surface area contributed by atoms with Crippen LogP contribution >= 0.6 is 0 Å². The summed E-state index contributed by atoms with van der Waals surface area (Å²) < 4.78 is 51.6. The molecule has 10 nitrogen and oxygen atoms in total. The highest BCUT2D eigenvalue weighted by Gasteiger charge is 2.36. The molecule has 6 rings (SSSR count). The van der Waals surface area contributed by atoms with E-state index >= 15 is 0 Å². The summed E-state index contributed by atoms with van der Waals surface area (Å²) in [5, 5.41) is 5.67. The molecule has 2 aromatic heterocycles. The van der Waals surface area contributed by atoms with Crippen molar-refractivity contribution < 1.29 is 27.4 Å². The van der Waals surface area contributed by atoms with Crippen molar-refractivity contribution in [1.82, 2.24) is 24.8 Å². The van der Waals surface area contributed by atoms with E-state index in [0.717, 1.165) is 44.5 Å². The lowest BCUT2D eigenvalue weighted by atomic mass is 10.0. The van der Waals surface area contributed by atoms with Crippen LogP contribution in [-0.4, -0.2) is 89.7 Å². The van der Waals surface area contributed by atoms with Gasteiger partial charge in [-0.3, -0.25) is 9.69 Å². The lowest BCUT2D eigenvalue weighted by Crippen LogP contribution is -2.45. The van der Waals surface area contributed by atoms with Crippen LogP contribution in [-0.2, 0) is 17.3 Å². The summed E-state index contributed by atoms with van der Waals surface area (Å²) in [6.45, 7) is 5.04. The van der Waals surface area contributed by atoms with E-state index in [1.165, 1.54) is 7.05 Å². The van der Waals surface area contributed by atoms with Crippen LogP contribution in [0.25, 0.3) is 11.0 Å². The number of ether oxygens (including phenoxy) is 2. The number of alkyl halides is 3. The van der Waals surface area contributed by atoms with Gasteiger partial charge in [-0.2, -0.15) is 23.1 Å². The Hall–Kier alpha value is -3.58. The number of halogens is 3. The van der Waals surface area contributed by atoms with E-state index in [0.29, 0.717) is 49.2 Å². The standard InChI is InChI=1S/C25H28F3N7O3/c1-29-21-19-17(25(26,27)28)12-30-22(19)33-24(32-21)31-18-3-2-16(15-5-9-38-20(15)18)23(36)35-6-4-14(13-35)34-7-10-37-11-8-34/h2-3,12,14H,4-11,13H2,1H3,(H3,29,30,31,32,33)/t14-/m1/s1. The average molecular weight is 532 g/mol. The smallest absolute Gasteiger partial charge is 0.418 e. The topological polar surface area (TPSA) is 108 Å². The summed E-state index contributed by atoms with van der Waals surface area (Å²) >= 11 is 0. The van der Waals surface area contributed by atoms with E-state index in [9.17, 15) is 18.0 Å². The van der Waals surface area contributed by atoms with Gasteiger partial charge in [0, 0.05) is 63.0 Å². The molecule has 3 aliphatic heterocycles. The Morgan fingerprint density at radius 3 is 2.74 bits per heavy atom. The minimum Gasteiger partial charge on any atom is -0.491 e. The molecule has 0 radical (unpaired) electrons. The normalized spacial score (nSPS) is 20.0. The fourth-order valence-electron chi connectivity index (χ4n) is 5.55. The Bertz CT molecular complexity index is 1370. The second kappa shape index (κ2) is 9.62. The number of aromatic nitrogens is 3. The van der Waals surface area contributed by atoms with Gasteiger partial charge in [0.25, 0.3) is 5.91 Å². The fraction of sp³-hybridized carbons (Fsp3) is 0.480. The van der Waals surface area contributed by atoms with Gasteiger partial charge in [-0.05, 0) is 18.6 Å². The van der Waals surface area contributed by atoms with Gasteiger partial charge in [0.1, 0.15) is 17.2 Å². The zero-order valence-corrected chi connectivity index (χ0v) is 20.8. The van der Waals surface area contributed by atoms with Crippen LogP contribution < -0.4 is 15.4 Å². The van der Waals surface area contributed by atoms with Crippen LogP contribution in [0.1, 0.15) is 27.9 Å². The summed E-state index contributed by atoms with van der Waals surface area (Å²) in [5.41, 5.74) is 1.17. The second-order valence-corrected chi connectivity index (χ2v) is 9.60. The minimum atomic E-state index is -4.54. The molecule has 0 bridgehead atoms. The number of aromatic amines is 1. The first-order valence-corrected chi connectivity index (χ1v) is 12.6. The number of nitrogens with one attached hydrogen (secondary N) is 3. The third-order valence-corrected chi connectivity index (χ3v) is 7.42. The number of anilines is 3.